The average Bonchev–Trinajstić information content (AvgIpc) is 2.96. The van der Waals surface area contributed by atoms with Gasteiger partial charge in [-0.1, -0.05) is 19.6 Å². The van der Waals surface area contributed by atoms with E-state index in [0.29, 0.717) is 30.1 Å². The summed E-state index contributed by atoms with van der Waals surface area (Å²) >= 11 is 0. The molecular formula is C17H24N4O3Si. The number of carbonyl (C=O) groups excluding carboxylic acids is 1. The molecule has 1 atom stereocenters. The van der Waals surface area contributed by atoms with E-state index in [9.17, 15) is 10.1 Å². The van der Waals surface area contributed by atoms with Crippen LogP contribution in [0.1, 0.15) is 18.5 Å². The molecule has 25 heavy (non-hydrogen) atoms. The summed E-state index contributed by atoms with van der Waals surface area (Å²) in [5, 5.41) is 10.0. The molecule has 1 unspecified atom stereocenters. The van der Waals surface area contributed by atoms with E-state index < -0.39 is 20.0 Å². The molecule has 2 aromatic heterocycles. The molecule has 0 fully saturated rings. The van der Waals surface area contributed by atoms with Crippen LogP contribution in [0.4, 0.5) is 0 Å². The van der Waals surface area contributed by atoms with Crippen molar-refractivity contribution in [1.82, 2.24) is 14.5 Å². The highest BCUT2D eigenvalue weighted by molar-refractivity contribution is 6.76. The SMILES string of the molecule is CCOC(=O)C(C#N)c1ncnc2c1ccn2COCC[Si](C)(C)C. The summed E-state index contributed by atoms with van der Waals surface area (Å²) in [5.74, 6) is -1.65. The smallest absolute Gasteiger partial charge is 0.329 e. The lowest BCUT2D eigenvalue weighted by Gasteiger charge is -2.15. The Hall–Kier alpha value is -2.24. The van der Waals surface area contributed by atoms with Crippen LogP contribution in [-0.4, -0.2) is 41.8 Å². The summed E-state index contributed by atoms with van der Waals surface area (Å²) in [4.78, 5) is 20.4. The Morgan fingerprint density at radius 2 is 2.16 bits per heavy atom. The van der Waals surface area contributed by atoms with E-state index in [0.717, 1.165) is 6.04 Å². The molecule has 2 aromatic rings. The lowest BCUT2D eigenvalue weighted by atomic mass is 10.0. The summed E-state index contributed by atoms with van der Waals surface area (Å²) in [7, 11) is -1.13. The molecule has 0 aromatic carbocycles. The van der Waals surface area contributed by atoms with Gasteiger partial charge in [0.2, 0.25) is 0 Å². The van der Waals surface area contributed by atoms with Gasteiger partial charge in [0.1, 0.15) is 18.7 Å². The van der Waals surface area contributed by atoms with Gasteiger partial charge in [-0.3, -0.25) is 4.79 Å². The molecule has 0 aliphatic rings. The fourth-order valence-electron chi connectivity index (χ4n) is 2.35. The number of esters is 1. The third kappa shape index (κ3) is 4.87. The Balaban J connectivity index is 2.19. The molecule has 0 radical (unpaired) electrons. The number of fused-ring (bicyclic) bond motifs is 1. The molecule has 0 bridgehead atoms. The fraction of sp³-hybridized carbons (Fsp3) is 0.529. The number of carbonyl (C=O) groups is 1. The lowest BCUT2D eigenvalue weighted by Crippen LogP contribution is -2.22. The van der Waals surface area contributed by atoms with Gasteiger partial charge < -0.3 is 14.0 Å². The van der Waals surface area contributed by atoms with Crippen molar-refractivity contribution in [2.24, 2.45) is 0 Å². The monoisotopic (exact) mass is 360 g/mol. The van der Waals surface area contributed by atoms with Gasteiger partial charge in [0, 0.05) is 26.3 Å². The van der Waals surface area contributed by atoms with E-state index in [1.807, 2.05) is 16.8 Å². The second-order valence-electron chi connectivity index (χ2n) is 6.94. The zero-order valence-electron chi connectivity index (χ0n) is 15.2. The first-order valence-corrected chi connectivity index (χ1v) is 12.0. The van der Waals surface area contributed by atoms with Gasteiger partial charge in [-0.2, -0.15) is 5.26 Å². The number of aromatic nitrogens is 3. The molecule has 0 aliphatic heterocycles. The Bertz CT molecular complexity index is 776. The third-order valence-corrected chi connectivity index (χ3v) is 5.44. The molecule has 0 saturated heterocycles. The highest BCUT2D eigenvalue weighted by Crippen LogP contribution is 2.24. The van der Waals surface area contributed by atoms with Gasteiger partial charge in [0.05, 0.1) is 18.4 Å². The van der Waals surface area contributed by atoms with Gasteiger partial charge in [-0.15, -0.1) is 0 Å². The van der Waals surface area contributed by atoms with E-state index in [2.05, 4.69) is 29.6 Å². The van der Waals surface area contributed by atoms with Gasteiger partial charge in [0.25, 0.3) is 0 Å². The second kappa shape index (κ2) is 8.23. The van der Waals surface area contributed by atoms with Crippen LogP contribution in [0.5, 0.6) is 0 Å². The maximum Gasteiger partial charge on any atom is 0.329 e. The van der Waals surface area contributed by atoms with Crippen LogP contribution in [0.25, 0.3) is 11.0 Å². The van der Waals surface area contributed by atoms with Gasteiger partial charge in [-0.25, -0.2) is 9.97 Å². The van der Waals surface area contributed by atoms with Crippen LogP contribution in [0.3, 0.4) is 0 Å². The quantitative estimate of drug-likeness (QED) is 0.408. The molecule has 0 saturated carbocycles. The lowest BCUT2D eigenvalue weighted by molar-refractivity contribution is -0.143. The number of ether oxygens (including phenoxy) is 2. The Kier molecular flexibility index (Phi) is 6.28. The van der Waals surface area contributed by atoms with Gasteiger partial charge >= 0.3 is 5.97 Å². The summed E-state index contributed by atoms with van der Waals surface area (Å²) in [5.41, 5.74) is 1.01. The normalized spacial score (nSPS) is 12.8. The molecule has 7 nitrogen and oxygen atoms in total. The molecule has 2 heterocycles. The number of nitrogens with zero attached hydrogens (tertiary/aromatic N) is 4. The third-order valence-electron chi connectivity index (χ3n) is 3.74. The van der Waals surface area contributed by atoms with E-state index in [1.165, 1.54) is 6.33 Å². The van der Waals surface area contributed by atoms with Crippen LogP contribution in [0, 0.1) is 11.3 Å². The molecular weight excluding hydrogens is 336 g/mol. The number of hydrogen-bond acceptors (Lipinski definition) is 6. The van der Waals surface area contributed by atoms with Crippen molar-refractivity contribution in [3.63, 3.8) is 0 Å². The predicted octanol–water partition coefficient (Wildman–Crippen LogP) is 2.91. The van der Waals surface area contributed by atoms with E-state index in [4.69, 9.17) is 9.47 Å². The van der Waals surface area contributed by atoms with Crippen molar-refractivity contribution in [2.75, 3.05) is 13.2 Å². The van der Waals surface area contributed by atoms with Crippen LogP contribution >= 0.6 is 0 Å². The Labute approximate surface area is 148 Å². The van der Waals surface area contributed by atoms with Crippen molar-refractivity contribution < 1.29 is 14.3 Å². The van der Waals surface area contributed by atoms with Crippen LogP contribution in [0.2, 0.25) is 25.7 Å². The molecule has 0 spiro atoms. The summed E-state index contributed by atoms with van der Waals surface area (Å²) in [6, 6.07) is 4.86. The van der Waals surface area contributed by atoms with Crippen LogP contribution in [-0.2, 0) is 21.0 Å². The maximum atomic E-state index is 12.0. The zero-order chi connectivity index (χ0) is 18.4. The minimum atomic E-state index is -1.13. The van der Waals surface area contributed by atoms with E-state index >= 15 is 0 Å². The van der Waals surface area contributed by atoms with Crippen molar-refractivity contribution >= 4 is 25.1 Å². The highest BCUT2D eigenvalue weighted by Gasteiger charge is 2.26. The minimum Gasteiger partial charge on any atom is -0.465 e. The van der Waals surface area contributed by atoms with E-state index in [-0.39, 0.29) is 6.61 Å². The number of hydrogen-bond donors (Lipinski definition) is 0. The predicted molar refractivity (Wildman–Crippen MR) is 96.6 cm³/mol. The summed E-state index contributed by atoms with van der Waals surface area (Å²) < 4.78 is 12.6. The fourth-order valence-corrected chi connectivity index (χ4v) is 3.11. The molecule has 0 N–H and O–H groups in total. The Morgan fingerprint density at radius 1 is 1.40 bits per heavy atom. The molecule has 8 heteroatoms. The molecule has 0 amide bonds. The largest absolute Gasteiger partial charge is 0.465 e. The number of nitriles is 1. The molecule has 134 valence electrons. The second-order valence-corrected chi connectivity index (χ2v) is 12.6. The number of rotatable bonds is 8. The Morgan fingerprint density at radius 3 is 2.80 bits per heavy atom. The highest BCUT2D eigenvalue weighted by atomic mass is 28.3. The maximum absolute atomic E-state index is 12.0. The van der Waals surface area contributed by atoms with Gasteiger partial charge in [-0.05, 0) is 19.0 Å². The first kappa shape index (κ1) is 19.1. The zero-order valence-corrected chi connectivity index (χ0v) is 16.2. The first-order valence-electron chi connectivity index (χ1n) is 8.31. The van der Waals surface area contributed by atoms with Crippen LogP contribution < -0.4 is 0 Å². The average molecular weight is 360 g/mol. The topological polar surface area (TPSA) is 90.0 Å². The minimum absolute atomic E-state index is 0.219. The summed E-state index contributed by atoms with van der Waals surface area (Å²) in [6.07, 6.45) is 3.19. The van der Waals surface area contributed by atoms with Crippen LogP contribution in [0.15, 0.2) is 18.6 Å². The van der Waals surface area contributed by atoms with Crippen molar-refractivity contribution in [3.8, 4) is 6.07 Å². The van der Waals surface area contributed by atoms with Crippen molar-refractivity contribution in [3.05, 3.63) is 24.3 Å². The van der Waals surface area contributed by atoms with Crippen molar-refractivity contribution in [2.45, 2.75) is 45.3 Å². The van der Waals surface area contributed by atoms with Gasteiger partial charge in [0.15, 0.2) is 5.92 Å². The first-order chi connectivity index (χ1) is 11.9. The molecule has 2 rings (SSSR count). The molecule has 0 aliphatic carbocycles. The standard InChI is InChI=1S/C17H24N4O3Si/c1-5-24-17(22)14(10-18)15-13-6-7-21(16(13)20-11-19-15)12-23-8-9-25(2,3)4/h6-7,11,14H,5,8-9,12H2,1-4H3. The van der Waals surface area contributed by atoms with Crippen molar-refractivity contribution in [1.29, 1.82) is 5.26 Å². The summed E-state index contributed by atoms with van der Waals surface area (Å²) in [6.45, 7) is 9.92. The van der Waals surface area contributed by atoms with E-state index in [1.54, 1.807) is 13.0 Å².